The first-order valence-corrected chi connectivity index (χ1v) is 12.9. The summed E-state index contributed by atoms with van der Waals surface area (Å²) >= 11 is 0. The third kappa shape index (κ3) is 6.68. The van der Waals surface area contributed by atoms with Gasteiger partial charge >= 0.3 is 5.97 Å². The second-order valence-corrected chi connectivity index (χ2v) is 10.8. The van der Waals surface area contributed by atoms with Crippen molar-refractivity contribution < 1.29 is 23.5 Å². The molecular weight excluding hydrogens is 482 g/mol. The molecular formula is C30H35N3O5. The van der Waals surface area contributed by atoms with Crippen LogP contribution in [0.5, 0.6) is 0 Å². The molecule has 3 aromatic rings. The number of anilines is 1. The van der Waals surface area contributed by atoms with Gasteiger partial charge in [-0.05, 0) is 76.3 Å². The third-order valence-corrected chi connectivity index (χ3v) is 6.54. The van der Waals surface area contributed by atoms with Gasteiger partial charge in [0.2, 0.25) is 11.8 Å². The van der Waals surface area contributed by atoms with E-state index in [1.807, 2.05) is 58.0 Å². The van der Waals surface area contributed by atoms with Crippen LogP contribution in [0.3, 0.4) is 0 Å². The summed E-state index contributed by atoms with van der Waals surface area (Å²) in [6, 6.07) is 9.77. The van der Waals surface area contributed by atoms with E-state index in [-0.39, 0.29) is 30.1 Å². The van der Waals surface area contributed by atoms with Crippen molar-refractivity contribution in [2.45, 2.75) is 65.5 Å². The molecule has 38 heavy (non-hydrogen) atoms. The van der Waals surface area contributed by atoms with Crippen LogP contribution >= 0.6 is 0 Å². The van der Waals surface area contributed by atoms with Crippen molar-refractivity contribution in [1.29, 1.82) is 0 Å². The van der Waals surface area contributed by atoms with Gasteiger partial charge in [-0.15, -0.1) is 0 Å². The molecule has 0 saturated carbocycles. The van der Waals surface area contributed by atoms with E-state index in [1.54, 1.807) is 24.2 Å². The Bertz CT molecular complexity index is 1380. The third-order valence-electron chi connectivity index (χ3n) is 6.54. The average Bonchev–Trinajstić information content (AvgIpc) is 3.16. The molecule has 2 amide bonds. The van der Waals surface area contributed by atoms with Crippen LogP contribution in [0, 0.1) is 12.8 Å². The van der Waals surface area contributed by atoms with Gasteiger partial charge in [0.1, 0.15) is 22.8 Å². The molecule has 2 aromatic heterocycles. The smallest absolute Gasteiger partial charge is 0.306 e. The quantitative estimate of drug-likeness (QED) is 0.316. The van der Waals surface area contributed by atoms with Crippen molar-refractivity contribution in [3.05, 3.63) is 65.1 Å². The molecule has 4 rings (SSSR count). The number of aryl methyl sites for hydroxylation is 1. The van der Waals surface area contributed by atoms with Gasteiger partial charge in [-0.2, -0.15) is 0 Å². The van der Waals surface area contributed by atoms with Gasteiger partial charge in [-0.25, -0.2) is 4.98 Å². The van der Waals surface area contributed by atoms with Crippen molar-refractivity contribution in [3.63, 3.8) is 0 Å². The highest BCUT2D eigenvalue weighted by Crippen LogP contribution is 2.28. The number of amides is 2. The number of furan rings is 1. The lowest BCUT2D eigenvalue weighted by Crippen LogP contribution is -2.31. The van der Waals surface area contributed by atoms with Crippen LogP contribution < -0.4 is 5.32 Å². The van der Waals surface area contributed by atoms with Gasteiger partial charge in [0.05, 0.1) is 6.54 Å². The van der Waals surface area contributed by atoms with Crippen LogP contribution in [0.1, 0.15) is 62.5 Å². The Morgan fingerprint density at radius 3 is 2.76 bits per heavy atom. The van der Waals surface area contributed by atoms with E-state index in [9.17, 15) is 14.4 Å². The molecule has 8 nitrogen and oxygen atoms in total. The van der Waals surface area contributed by atoms with E-state index in [0.717, 1.165) is 33.4 Å². The predicted octanol–water partition coefficient (Wildman–Crippen LogP) is 5.43. The Morgan fingerprint density at radius 2 is 2.03 bits per heavy atom. The molecule has 0 fully saturated rings. The summed E-state index contributed by atoms with van der Waals surface area (Å²) in [5.41, 5.74) is 3.01. The molecule has 0 bridgehead atoms. The normalized spacial score (nSPS) is 15.4. The lowest BCUT2D eigenvalue weighted by atomic mass is 9.90. The Kier molecular flexibility index (Phi) is 7.99. The predicted molar refractivity (Wildman–Crippen MR) is 146 cm³/mol. The summed E-state index contributed by atoms with van der Waals surface area (Å²) in [5, 5.41) is 3.91. The molecule has 3 heterocycles. The number of aromatic nitrogens is 1. The number of carbonyl (C=O) groups excluding carboxylic acids is 3. The largest absolute Gasteiger partial charge is 0.460 e. The average molecular weight is 518 g/mol. The van der Waals surface area contributed by atoms with E-state index in [1.165, 1.54) is 6.08 Å². The van der Waals surface area contributed by atoms with Gasteiger partial charge in [0, 0.05) is 42.6 Å². The van der Waals surface area contributed by atoms with Crippen LogP contribution in [0.25, 0.3) is 17.0 Å². The van der Waals surface area contributed by atoms with Crippen molar-refractivity contribution in [2.75, 3.05) is 12.4 Å². The molecule has 1 aromatic carbocycles. The molecule has 0 spiro atoms. The summed E-state index contributed by atoms with van der Waals surface area (Å²) in [6.07, 6.45) is 6.83. The maximum Gasteiger partial charge on any atom is 0.306 e. The number of pyridine rings is 1. The van der Waals surface area contributed by atoms with Crippen LogP contribution in [0.15, 0.2) is 47.0 Å². The highest BCUT2D eigenvalue weighted by molar-refractivity contribution is 5.95. The number of esters is 1. The molecule has 200 valence electrons. The minimum atomic E-state index is -0.517. The Balaban J connectivity index is 1.35. The number of likely N-dealkylation sites (N-methyl/N-ethyl adjacent to an activating group) is 1. The SMILES string of the molecule is Cc1c(CN(C)C(=O)/C=C/c2cnc3c(c2)CC(CCCC(=O)OC(C)(C)C)C(=O)N3)oc2ccccc12. The number of nitrogens with one attached hydrogen (secondary N) is 1. The number of hydrogen-bond acceptors (Lipinski definition) is 6. The number of nitrogens with zero attached hydrogens (tertiary/aromatic N) is 2. The maximum atomic E-state index is 12.8. The van der Waals surface area contributed by atoms with E-state index in [0.29, 0.717) is 31.6 Å². The van der Waals surface area contributed by atoms with Crippen LogP contribution in [0.4, 0.5) is 5.82 Å². The molecule has 0 radical (unpaired) electrons. The van der Waals surface area contributed by atoms with Gasteiger partial charge in [0.15, 0.2) is 0 Å². The zero-order valence-electron chi connectivity index (χ0n) is 22.7. The highest BCUT2D eigenvalue weighted by atomic mass is 16.6. The first-order chi connectivity index (χ1) is 18.0. The zero-order valence-corrected chi connectivity index (χ0v) is 22.7. The summed E-state index contributed by atoms with van der Waals surface area (Å²) in [5.74, 6) is 0.559. The number of para-hydroxylation sites is 1. The zero-order chi connectivity index (χ0) is 27.4. The number of benzene rings is 1. The minimum Gasteiger partial charge on any atom is -0.460 e. The lowest BCUT2D eigenvalue weighted by Gasteiger charge is -2.24. The second kappa shape index (κ2) is 11.2. The van der Waals surface area contributed by atoms with Crippen molar-refractivity contribution in [3.8, 4) is 0 Å². The molecule has 1 aliphatic rings. The minimum absolute atomic E-state index is 0.0878. The number of carbonyl (C=O) groups is 3. The van der Waals surface area contributed by atoms with Crippen molar-refractivity contribution in [1.82, 2.24) is 9.88 Å². The fourth-order valence-electron chi connectivity index (χ4n) is 4.55. The van der Waals surface area contributed by atoms with Crippen LogP contribution in [0.2, 0.25) is 0 Å². The molecule has 1 aliphatic heterocycles. The maximum absolute atomic E-state index is 12.8. The number of fused-ring (bicyclic) bond motifs is 2. The Hall–Kier alpha value is -3.94. The van der Waals surface area contributed by atoms with Crippen molar-refractivity contribution >= 4 is 40.6 Å². The standard InChI is InChI=1S/C30H35N3O5/c1-19-23-10-6-7-11-24(23)37-25(19)18-33(5)26(34)14-13-20-15-22-16-21(29(36)32-28(22)31-17-20)9-8-12-27(35)38-30(2,3)4/h6-7,10-11,13-15,17,21H,8-9,12,16,18H2,1-5H3,(H,31,32,36)/b14-13+. The van der Waals surface area contributed by atoms with E-state index >= 15 is 0 Å². The fraction of sp³-hybridized carbons (Fsp3) is 0.400. The van der Waals surface area contributed by atoms with Crippen LogP contribution in [-0.2, 0) is 32.1 Å². The van der Waals surface area contributed by atoms with Crippen molar-refractivity contribution in [2.24, 2.45) is 5.92 Å². The van der Waals surface area contributed by atoms with Gasteiger partial charge in [-0.3, -0.25) is 14.4 Å². The monoisotopic (exact) mass is 517 g/mol. The van der Waals surface area contributed by atoms with Gasteiger partial charge < -0.3 is 19.4 Å². The molecule has 0 saturated heterocycles. The molecule has 1 N–H and O–H groups in total. The molecule has 1 atom stereocenters. The van der Waals surface area contributed by atoms with E-state index in [4.69, 9.17) is 9.15 Å². The van der Waals surface area contributed by atoms with E-state index in [2.05, 4.69) is 10.3 Å². The first kappa shape index (κ1) is 27.1. The molecule has 1 unspecified atom stereocenters. The summed E-state index contributed by atoms with van der Waals surface area (Å²) in [7, 11) is 1.74. The highest BCUT2D eigenvalue weighted by Gasteiger charge is 2.27. The summed E-state index contributed by atoms with van der Waals surface area (Å²) < 4.78 is 11.3. The van der Waals surface area contributed by atoms with Gasteiger partial charge in [-0.1, -0.05) is 18.2 Å². The number of hydrogen-bond donors (Lipinski definition) is 1. The number of rotatable bonds is 8. The topological polar surface area (TPSA) is 102 Å². The summed E-state index contributed by atoms with van der Waals surface area (Å²) in [4.78, 5) is 43.3. The van der Waals surface area contributed by atoms with Crippen LogP contribution in [-0.4, -0.2) is 40.3 Å². The lowest BCUT2D eigenvalue weighted by molar-refractivity contribution is -0.155. The molecule has 8 heteroatoms. The second-order valence-electron chi connectivity index (χ2n) is 10.8. The Labute approximate surface area is 223 Å². The first-order valence-electron chi connectivity index (χ1n) is 12.9. The molecule has 0 aliphatic carbocycles. The van der Waals surface area contributed by atoms with E-state index < -0.39 is 5.60 Å². The van der Waals surface area contributed by atoms with Gasteiger partial charge in [0.25, 0.3) is 0 Å². The fourth-order valence-corrected chi connectivity index (χ4v) is 4.55. The summed E-state index contributed by atoms with van der Waals surface area (Å²) in [6.45, 7) is 7.87. The Morgan fingerprint density at radius 1 is 1.26 bits per heavy atom. The number of ether oxygens (including phenoxy) is 1.